The molecule has 0 amide bonds. The summed E-state index contributed by atoms with van der Waals surface area (Å²) in [5, 5.41) is 18.8. The van der Waals surface area contributed by atoms with Crippen LogP contribution in [0.3, 0.4) is 0 Å². The molecule has 0 aliphatic heterocycles. The van der Waals surface area contributed by atoms with Crippen molar-refractivity contribution in [2.24, 2.45) is 0 Å². The molecule has 6 nitrogen and oxygen atoms in total. The van der Waals surface area contributed by atoms with Crippen LogP contribution in [0.15, 0.2) is 0 Å². The predicted molar refractivity (Wildman–Crippen MR) is 89.7 cm³/mol. The minimum atomic E-state index is -0.412. The molecule has 5 unspecified atom stereocenters. The van der Waals surface area contributed by atoms with Crippen LogP contribution in [0, 0.1) is 0 Å². The van der Waals surface area contributed by atoms with Gasteiger partial charge >= 0.3 is 0 Å². The third kappa shape index (κ3) is 13.9. The zero-order chi connectivity index (χ0) is 17.7. The van der Waals surface area contributed by atoms with Gasteiger partial charge < -0.3 is 29.2 Å². The van der Waals surface area contributed by atoms with E-state index in [-0.39, 0.29) is 18.3 Å². The van der Waals surface area contributed by atoms with E-state index in [1.54, 1.807) is 0 Å². The standard InChI is InChI=1S/C17H36O6/c1-6-16(18)11-20-8-13(3)21-9-14(4)22-10-15(5)23-12-17(19)7-2/h13-19H,6-12H2,1-5H3. The first-order valence-electron chi connectivity index (χ1n) is 8.67. The van der Waals surface area contributed by atoms with Crippen LogP contribution < -0.4 is 0 Å². The molecule has 0 spiro atoms. The Morgan fingerprint density at radius 1 is 0.609 bits per heavy atom. The van der Waals surface area contributed by atoms with E-state index in [9.17, 15) is 10.2 Å². The highest BCUT2D eigenvalue weighted by molar-refractivity contribution is 4.57. The molecule has 0 aromatic carbocycles. The van der Waals surface area contributed by atoms with Gasteiger partial charge in [0, 0.05) is 0 Å². The van der Waals surface area contributed by atoms with Crippen LogP contribution in [0.2, 0.25) is 0 Å². The van der Waals surface area contributed by atoms with E-state index in [0.29, 0.717) is 45.9 Å². The van der Waals surface area contributed by atoms with Crippen molar-refractivity contribution < 1.29 is 29.2 Å². The van der Waals surface area contributed by atoms with Crippen LogP contribution >= 0.6 is 0 Å². The summed E-state index contributed by atoms with van der Waals surface area (Å²) in [5.74, 6) is 0. The van der Waals surface area contributed by atoms with E-state index in [0.717, 1.165) is 0 Å². The summed E-state index contributed by atoms with van der Waals surface area (Å²) in [6.45, 7) is 11.7. The van der Waals surface area contributed by atoms with E-state index in [4.69, 9.17) is 18.9 Å². The molecule has 0 aromatic heterocycles. The molecule has 0 fully saturated rings. The van der Waals surface area contributed by atoms with Gasteiger partial charge in [0.15, 0.2) is 0 Å². The minimum Gasteiger partial charge on any atom is -0.391 e. The van der Waals surface area contributed by atoms with Gasteiger partial charge in [0.05, 0.1) is 63.6 Å². The third-order valence-electron chi connectivity index (χ3n) is 3.41. The zero-order valence-corrected chi connectivity index (χ0v) is 15.4. The molecule has 2 N–H and O–H groups in total. The maximum absolute atomic E-state index is 9.44. The van der Waals surface area contributed by atoms with Gasteiger partial charge in [-0.15, -0.1) is 0 Å². The first-order valence-corrected chi connectivity index (χ1v) is 8.67. The van der Waals surface area contributed by atoms with Gasteiger partial charge in [-0.3, -0.25) is 0 Å². The molecular formula is C17H36O6. The molecule has 0 saturated heterocycles. The summed E-state index contributed by atoms with van der Waals surface area (Å²) in [6, 6.07) is 0. The van der Waals surface area contributed by atoms with Crippen molar-refractivity contribution in [3.05, 3.63) is 0 Å². The van der Waals surface area contributed by atoms with E-state index < -0.39 is 12.2 Å². The van der Waals surface area contributed by atoms with Crippen LogP contribution in [0.5, 0.6) is 0 Å². The van der Waals surface area contributed by atoms with Crippen molar-refractivity contribution >= 4 is 0 Å². The van der Waals surface area contributed by atoms with E-state index >= 15 is 0 Å². The summed E-state index contributed by atoms with van der Waals surface area (Å²) >= 11 is 0. The molecule has 0 aliphatic rings. The minimum absolute atomic E-state index is 0.0409. The number of hydrogen-bond acceptors (Lipinski definition) is 6. The lowest BCUT2D eigenvalue weighted by Gasteiger charge is -2.21. The fourth-order valence-corrected chi connectivity index (χ4v) is 1.62. The molecule has 0 heterocycles. The van der Waals surface area contributed by atoms with Gasteiger partial charge in [0.2, 0.25) is 0 Å². The quantitative estimate of drug-likeness (QED) is 0.474. The second-order valence-corrected chi connectivity index (χ2v) is 6.09. The van der Waals surface area contributed by atoms with E-state index in [1.165, 1.54) is 0 Å². The van der Waals surface area contributed by atoms with Crippen molar-refractivity contribution in [1.82, 2.24) is 0 Å². The molecular weight excluding hydrogens is 300 g/mol. The summed E-state index contributed by atoms with van der Waals surface area (Å²) in [6.07, 6.45) is 0.416. The zero-order valence-electron chi connectivity index (χ0n) is 15.4. The van der Waals surface area contributed by atoms with Crippen LogP contribution in [0.4, 0.5) is 0 Å². The van der Waals surface area contributed by atoms with Crippen molar-refractivity contribution in [1.29, 1.82) is 0 Å². The Labute approximate surface area is 141 Å². The lowest BCUT2D eigenvalue weighted by molar-refractivity contribution is -0.0909. The smallest absolute Gasteiger partial charge is 0.0781 e. The highest BCUT2D eigenvalue weighted by Gasteiger charge is 2.11. The first kappa shape index (κ1) is 22.8. The van der Waals surface area contributed by atoms with Gasteiger partial charge in [0.25, 0.3) is 0 Å². The normalized spacial score (nSPS) is 18.4. The Hall–Kier alpha value is -0.240. The topological polar surface area (TPSA) is 77.4 Å². The number of hydrogen-bond donors (Lipinski definition) is 2. The Bertz CT molecular complexity index is 263. The second kappa shape index (κ2) is 14.1. The molecule has 5 atom stereocenters. The van der Waals surface area contributed by atoms with Crippen LogP contribution in [0.1, 0.15) is 47.5 Å². The molecule has 0 saturated carbocycles. The summed E-state index contributed by atoms with van der Waals surface area (Å²) in [7, 11) is 0. The fraction of sp³-hybridized carbons (Fsp3) is 1.00. The van der Waals surface area contributed by atoms with Gasteiger partial charge in [-0.05, 0) is 33.6 Å². The number of ether oxygens (including phenoxy) is 4. The lowest BCUT2D eigenvalue weighted by Crippen LogP contribution is -2.28. The van der Waals surface area contributed by atoms with Gasteiger partial charge in [0.1, 0.15) is 0 Å². The Balaban J connectivity index is 3.63. The maximum atomic E-state index is 9.44. The highest BCUT2D eigenvalue weighted by Crippen LogP contribution is 2.02. The Morgan fingerprint density at radius 2 is 1.00 bits per heavy atom. The molecule has 0 radical (unpaired) electrons. The molecule has 0 aromatic rings. The molecule has 0 aliphatic carbocycles. The van der Waals surface area contributed by atoms with Gasteiger partial charge in [-0.1, -0.05) is 13.8 Å². The maximum Gasteiger partial charge on any atom is 0.0781 e. The van der Waals surface area contributed by atoms with Crippen molar-refractivity contribution in [3.63, 3.8) is 0 Å². The molecule has 23 heavy (non-hydrogen) atoms. The lowest BCUT2D eigenvalue weighted by atomic mass is 10.3. The monoisotopic (exact) mass is 336 g/mol. The number of aliphatic hydroxyl groups is 2. The van der Waals surface area contributed by atoms with Crippen LogP contribution in [-0.2, 0) is 18.9 Å². The summed E-state index contributed by atoms with van der Waals surface area (Å²) in [4.78, 5) is 0. The van der Waals surface area contributed by atoms with E-state index in [1.807, 2.05) is 34.6 Å². The van der Waals surface area contributed by atoms with Gasteiger partial charge in [-0.2, -0.15) is 0 Å². The number of rotatable bonds is 15. The van der Waals surface area contributed by atoms with Crippen LogP contribution in [0.25, 0.3) is 0 Å². The SMILES string of the molecule is CCC(O)COCC(C)OCC(C)OCC(C)OCC(O)CC. The van der Waals surface area contributed by atoms with Crippen LogP contribution in [-0.4, -0.2) is 73.8 Å². The summed E-state index contributed by atoms with van der Waals surface area (Å²) in [5.41, 5.74) is 0. The van der Waals surface area contributed by atoms with Gasteiger partial charge in [-0.25, -0.2) is 0 Å². The molecule has 6 heteroatoms. The number of aliphatic hydroxyl groups excluding tert-OH is 2. The average Bonchev–Trinajstić information content (AvgIpc) is 2.55. The fourth-order valence-electron chi connectivity index (χ4n) is 1.62. The van der Waals surface area contributed by atoms with E-state index in [2.05, 4.69) is 0 Å². The predicted octanol–water partition coefficient (Wildman–Crippen LogP) is 1.76. The van der Waals surface area contributed by atoms with Crippen molar-refractivity contribution in [3.8, 4) is 0 Å². The molecule has 140 valence electrons. The third-order valence-corrected chi connectivity index (χ3v) is 3.41. The van der Waals surface area contributed by atoms with Crippen molar-refractivity contribution in [2.75, 3.05) is 33.0 Å². The molecule has 0 rings (SSSR count). The Morgan fingerprint density at radius 3 is 1.48 bits per heavy atom. The first-order chi connectivity index (χ1) is 10.9. The highest BCUT2D eigenvalue weighted by atomic mass is 16.6. The van der Waals surface area contributed by atoms with Crippen molar-refractivity contribution in [2.45, 2.75) is 78.0 Å². The molecule has 0 bridgehead atoms. The Kier molecular flexibility index (Phi) is 14.0. The largest absolute Gasteiger partial charge is 0.391 e. The second-order valence-electron chi connectivity index (χ2n) is 6.09. The average molecular weight is 336 g/mol. The summed E-state index contributed by atoms with van der Waals surface area (Å²) < 4.78 is 22.2.